The van der Waals surface area contributed by atoms with Crippen molar-refractivity contribution in [1.29, 1.82) is 0 Å². The van der Waals surface area contributed by atoms with Gasteiger partial charge in [0.2, 0.25) is 0 Å². The van der Waals surface area contributed by atoms with Crippen LogP contribution >= 0.6 is 0 Å². The molecular formula is C19H18N2O2. The summed E-state index contributed by atoms with van der Waals surface area (Å²) >= 11 is 0. The largest absolute Gasteiger partial charge is 0.505 e. The van der Waals surface area contributed by atoms with E-state index in [9.17, 15) is 9.90 Å². The molecule has 4 heteroatoms. The molecular weight excluding hydrogens is 288 g/mol. The maximum absolute atomic E-state index is 12.8. The Kier molecular flexibility index (Phi) is 3.37. The fourth-order valence-electron chi connectivity index (χ4n) is 3.70. The standard InChI is InChI=1S/C19H18N2O2/c22-17-7-4-10-20-18(17)19(23)21-15-8-9-16(21)12-14(11-15)13-5-2-1-3-6-13/h1-7,10-11,15-16,22H,8-9,12H2. The normalized spacial score (nSPS) is 22.8. The van der Waals surface area contributed by atoms with Gasteiger partial charge in [-0.2, -0.15) is 0 Å². The van der Waals surface area contributed by atoms with E-state index >= 15 is 0 Å². The molecule has 1 fully saturated rings. The number of hydrogen-bond donors (Lipinski definition) is 1. The molecule has 4 rings (SSSR count). The van der Waals surface area contributed by atoms with Gasteiger partial charge in [0, 0.05) is 12.2 Å². The predicted octanol–water partition coefficient (Wildman–Crippen LogP) is 3.25. The van der Waals surface area contributed by atoms with Crippen LogP contribution in [0.4, 0.5) is 0 Å². The highest BCUT2D eigenvalue weighted by Crippen LogP contribution is 2.39. The molecule has 0 saturated carbocycles. The van der Waals surface area contributed by atoms with E-state index in [1.165, 1.54) is 17.2 Å². The summed E-state index contributed by atoms with van der Waals surface area (Å²) in [5.74, 6) is -0.214. The van der Waals surface area contributed by atoms with E-state index in [2.05, 4.69) is 23.2 Å². The Morgan fingerprint density at radius 2 is 1.96 bits per heavy atom. The lowest BCUT2D eigenvalue weighted by Crippen LogP contribution is -2.43. The monoisotopic (exact) mass is 306 g/mol. The molecule has 2 unspecified atom stereocenters. The number of fused-ring (bicyclic) bond motifs is 2. The third-order valence-electron chi connectivity index (χ3n) is 4.76. The van der Waals surface area contributed by atoms with Gasteiger partial charge in [0.05, 0.1) is 6.04 Å². The summed E-state index contributed by atoms with van der Waals surface area (Å²) in [6.45, 7) is 0. The smallest absolute Gasteiger partial charge is 0.277 e. The van der Waals surface area contributed by atoms with Gasteiger partial charge in [-0.25, -0.2) is 4.98 Å². The molecule has 2 aliphatic rings. The second-order valence-corrected chi connectivity index (χ2v) is 6.14. The molecule has 23 heavy (non-hydrogen) atoms. The van der Waals surface area contributed by atoms with E-state index in [1.54, 1.807) is 12.3 Å². The van der Waals surface area contributed by atoms with Gasteiger partial charge in [-0.1, -0.05) is 36.4 Å². The molecule has 116 valence electrons. The van der Waals surface area contributed by atoms with Gasteiger partial charge < -0.3 is 10.0 Å². The molecule has 1 aromatic heterocycles. The van der Waals surface area contributed by atoms with Crippen LogP contribution in [-0.2, 0) is 0 Å². The Bertz CT molecular complexity index is 770. The summed E-state index contributed by atoms with van der Waals surface area (Å²) in [5, 5.41) is 9.91. The molecule has 2 aliphatic heterocycles. The van der Waals surface area contributed by atoms with Gasteiger partial charge in [0.1, 0.15) is 5.75 Å². The SMILES string of the molecule is O=C(c1ncccc1O)N1C2C=C(c3ccccc3)CC1CC2. The number of benzene rings is 1. The quantitative estimate of drug-likeness (QED) is 0.926. The first-order chi connectivity index (χ1) is 11.2. The molecule has 2 atom stereocenters. The first kappa shape index (κ1) is 14.0. The lowest BCUT2D eigenvalue weighted by atomic mass is 9.94. The minimum atomic E-state index is -0.168. The molecule has 2 aromatic rings. The molecule has 3 heterocycles. The third-order valence-corrected chi connectivity index (χ3v) is 4.76. The number of aromatic hydroxyl groups is 1. The van der Waals surface area contributed by atoms with E-state index in [1.807, 2.05) is 23.1 Å². The van der Waals surface area contributed by atoms with Crippen LogP contribution in [0.15, 0.2) is 54.7 Å². The van der Waals surface area contributed by atoms with Crippen LogP contribution in [-0.4, -0.2) is 33.0 Å². The number of aromatic nitrogens is 1. The van der Waals surface area contributed by atoms with Gasteiger partial charge in [-0.05, 0) is 42.5 Å². The molecule has 2 bridgehead atoms. The van der Waals surface area contributed by atoms with Crippen LogP contribution < -0.4 is 0 Å². The second-order valence-electron chi connectivity index (χ2n) is 6.14. The highest BCUT2D eigenvalue weighted by molar-refractivity contribution is 5.96. The Hall–Kier alpha value is -2.62. The number of rotatable bonds is 2. The zero-order valence-corrected chi connectivity index (χ0v) is 12.7. The molecule has 1 aromatic carbocycles. The molecule has 4 nitrogen and oxygen atoms in total. The van der Waals surface area contributed by atoms with Crippen LogP contribution in [0, 0.1) is 0 Å². The topological polar surface area (TPSA) is 53.4 Å². The number of pyridine rings is 1. The molecule has 1 saturated heterocycles. The fraction of sp³-hybridized carbons (Fsp3) is 0.263. The summed E-state index contributed by atoms with van der Waals surface area (Å²) < 4.78 is 0. The summed E-state index contributed by atoms with van der Waals surface area (Å²) in [5.41, 5.74) is 2.70. The van der Waals surface area contributed by atoms with Crippen LogP contribution in [0.5, 0.6) is 5.75 Å². The van der Waals surface area contributed by atoms with Gasteiger partial charge in [-0.3, -0.25) is 4.79 Å². The second kappa shape index (κ2) is 5.54. The van der Waals surface area contributed by atoms with Crippen LogP contribution in [0.2, 0.25) is 0 Å². The molecule has 0 spiro atoms. The molecule has 0 radical (unpaired) electrons. The maximum atomic E-state index is 12.8. The summed E-state index contributed by atoms with van der Waals surface area (Å²) in [7, 11) is 0. The maximum Gasteiger partial charge on any atom is 0.277 e. The van der Waals surface area contributed by atoms with Gasteiger partial charge >= 0.3 is 0 Å². The molecule has 1 N–H and O–H groups in total. The van der Waals surface area contributed by atoms with Crippen LogP contribution in [0.1, 0.15) is 35.3 Å². The lowest BCUT2D eigenvalue weighted by Gasteiger charge is -2.34. The van der Waals surface area contributed by atoms with Crippen molar-refractivity contribution in [1.82, 2.24) is 9.88 Å². The minimum Gasteiger partial charge on any atom is -0.505 e. The fourth-order valence-corrected chi connectivity index (χ4v) is 3.70. The van der Waals surface area contributed by atoms with Crippen molar-refractivity contribution >= 4 is 11.5 Å². The minimum absolute atomic E-state index is 0.0465. The summed E-state index contributed by atoms with van der Waals surface area (Å²) in [4.78, 5) is 18.8. The van der Waals surface area contributed by atoms with Crippen molar-refractivity contribution < 1.29 is 9.90 Å². The number of hydrogen-bond acceptors (Lipinski definition) is 3. The van der Waals surface area contributed by atoms with Crippen molar-refractivity contribution in [2.24, 2.45) is 0 Å². The first-order valence-corrected chi connectivity index (χ1v) is 7.97. The number of carbonyl (C=O) groups excluding carboxylic acids is 1. The number of nitrogens with zero attached hydrogens (tertiary/aromatic N) is 2. The van der Waals surface area contributed by atoms with Crippen molar-refractivity contribution in [2.75, 3.05) is 0 Å². The van der Waals surface area contributed by atoms with Gasteiger partial charge in [0.15, 0.2) is 5.69 Å². The number of carbonyl (C=O) groups is 1. The molecule has 1 amide bonds. The highest BCUT2D eigenvalue weighted by Gasteiger charge is 2.40. The molecule has 0 aliphatic carbocycles. The Morgan fingerprint density at radius 1 is 1.13 bits per heavy atom. The van der Waals surface area contributed by atoms with Crippen LogP contribution in [0.3, 0.4) is 0 Å². The van der Waals surface area contributed by atoms with Gasteiger partial charge in [-0.15, -0.1) is 0 Å². The Balaban J connectivity index is 1.65. The van der Waals surface area contributed by atoms with Crippen molar-refractivity contribution in [2.45, 2.75) is 31.3 Å². The van der Waals surface area contributed by atoms with E-state index in [0.29, 0.717) is 0 Å². The predicted molar refractivity (Wildman–Crippen MR) is 87.9 cm³/mol. The van der Waals surface area contributed by atoms with Gasteiger partial charge in [0.25, 0.3) is 5.91 Å². The average Bonchev–Trinajstić information content (AvgIpc) is 2.85. The summed E-state index contributed by atoms with van der Waals surface area (Å²) in [6.07, 6.45) is 6.58. The van der Waals surface area contributed by atoms with E-state index in [0.717, 1.165) is 19.3 Å². The van der Waals surface area contributed by atoms with E-state index in [-0.39, 0.29) is 29.4 Å². The van der Waals surface area contributed by atoms with Crippen LogP contribution in [0.25, 0.3) is 5.57 Å². The average molecular weight is 306 g/mol. The zero-order valence-electron chi connectivity index (χ0n) is 12.7. The number of amides is 1. The van der Waals surface area contributed by atoms with E-state index < -0.39 is 0 Å². The zero-order chi connectivity index (χ0) is 15.8. The lowest BCUT2D eigenvalue weighted by molar-refractivity contribution is 0.0683. The first-order valence-electron chi connectivity index (χ1n) is 7.97. The van der Waals surface area contributed by atoms with E-state index in [4.69, 9.17) is 0 Å². The summed E-state index contributed by atoms with van der Waals surface area (Å²) in [6, 6.07) is 13.8. The highest BCUT2D eigenvalue weighted by atomic mass is 16.3. The Labute approximate surface area is 135 Å². The third kappa shape index (κ3) is 2.40. The Morgan fingerprint density at radius 3 is 2.70 bits per heavy atom. The van der Waals surface area contributed by atoms with Crippen molar-refractivity contribution in [3.8, 4) is 5.75 Å². The van der Waals surface area contributed by atoms with Crippen molar-refractivity contribution in [3.63, 3.8) is 0 Å². The van der Waals surface area contributed by atoms with Crippen molar-refractivity contribution in [3.05, 3.63) is 66.0 Å².